The second-order valence-corrected chi connectivity index (χ2v) is 3.44. The lowest BCUT2D eigenvalue weighted by atomic mass is 10.00. The predicted molar refractivity (Wildman–Crippen MR) is 47.4 cm³/mol. The number of aliphatic hydroxyl groups is 4. The van der Waals surface area contributed by atoms with Crippen LogP contribution >= 0.6 is 0 Å². The van der Waals surface area contributed by atoms with E-state index in [0.717, 1.165) is 0 Å². The quantitative estimate of drug-likeness (QED) is 0.324. The molecule has 1 rings (SSSR count). The lowest BCUT2D eigenvalue weighted by Gasteiger charge is -2.36. The maximum absolute atomic E-state index is 10.2. The summed E-state index contributed by atoms with van der Waals surface area (Å²) in [5.41, 5.74) is 0. The van der Waals surface area contributed by atoms with Gasteiger partial charge in [-0.05, 0) is 0 Å². The van der Waals surface area contributed by atoms with E-state index in [1.165, 1.54) is 0 Å². The fourth-order valence-corrected chi connectivity index (χ4v) is 1.33. The van der Waals surface area contributed by atoms with Gasteiger partial charge in [0.15, 0.2) is 6.29 Å². The van der Waals surface area contributed by atoms with Crippen molar-refractivity contribution in [3.8, 4) is 0 Å². The van der Waals surface area contributed by atoms with E-state index in [4.69, 9.17) is 14.9 Å². The summed E-state index contributed by atoms with van der Waals surface area (Å²) in [6.07, 6.45) is -7.25. The van der Waals surface area contributed by atoms with E-state index in [-0.39, 0.29) is 6.61 Å². The molecule has 1 heterocycles. The Morgan fingerprint density at radius 1 is 1.38 bits per heavy atom. The van der Waals surface area contributed by atoms with Gasteiger partial charge in [-0.25, -0.2) is 4.79 Å². The fraction of sp³-hybridized carbons (Fsp3) is 0.875. The highest BCUT2D eigenvalue weighted by atomic mass is 16.6. The smallest absolute Gasteiger partial charge is 0.329 e. The number of hydrogen-bond donors (Lipinski definition) is 5. The first-order chi connectivity index (χ1) is 7.43. The summed E-state index contributed by atoms with van der Waals surface area (Å²) >= 11 is 0. The molecule has 0 aliphatic carbocycles. The largest absolute Gasteiger partial charge is 0.480 e. The van der Waals surface area contributed by atoms with Gasteiger partial charge >= 0.3 is 5.97 Å². The van der Waals surface area contributed by atoms with Gasteiger partial charge in [0, 0.05) is 0 Å². The molecule has 0 bridgehead atoms. The molecule has 94 valence electrons. The third-order valence-electron chi connectivity index (χ3n) is 2.20. The van der Waals surface area contributed by atoms with Crippen LogP contribution in [-0.2, 0) is 14.3 Å². The number of carbonyl (C=O) groups is 1. The van der Waals surface area contributed by atoms with E-state index in [0.29, 0.717) is 0 Å². The number of carboxylic acid groups (broad SMARTS) is 1. The molecular weight excluding hydrogens is 224 g/mol. The molecule has 0 aromatic carbocycles. The van der Waals surface area contributed by atoms with Crippen LogP contribution in [0.5, 0.6) is 0 Å². The Morgan fingerprint density at radius 2 is 2.00 bits per heavy atom. The molecule has 1 aliphatic rings. The van der Waals surface area contributed by atoms with E-state index >= 15 is 0 Å². The Labute approximate surface area is 90.6 Å². The van der Waals surface area contributed by atoms with Gasteiger partial charge in [0.25, 0.3) is 0 Å². The molecule has 16 heavy (non-hydrogen) atoms. The molecule has 0 spiro atoms. The molecule has 0 radical (unpaired) electrons. The van der Waals surface area contributed by atoms with Gasteiger partial charge in [-0.2, -0.15) is 0 Å². The van der Waals surface area contributed by atoms with E-state index in [2.05, 4.69) is 4.74 Å². The van der Waals surface area contributed by atoms with Gasteiger partial charge < -0.3 is 35.0 Å². The second kappa shape index (κ2) is 5.53. The minimum Gasteiger partial charge on any atom is -0.480 e. The number of rotatable bonds is 4. The van der Waals surface area contributed by atoms with E-state index in [1.807, 2.05) is 0 Å². The average Bonchev–Trinajstić information content (AvgIpc) is 2.23. The number of ether oxygens (including phenoxy) is 2. The predicted octanol–water partition coefficient (Wildman–Crippen LogP) is -3.11. The first kappa shape index (κ1) is 13.3. The van der Waals surface area contributed by atoms with Crippen molar-refractivity contribution in [1.82, 2.24) is 0 Å². The van der Waals surface area contributed by atoms with Crippen molar-refractivity contribution in [3.63, 3.8) is 0 Å². The lowest BCUT2D eigenvalue weighted by molar-refractivity contribution is -0.259. The summed E-state index contributed by atoms with van der Waals surface area (Å²) in [5.74, 6) is -1.29. The molecule has 1 unspecified atom stereocenters. The first-order valence-electron chi connectivity index (χ1n) is 4.60. The van der Waals surface area contributed by atoms with Crippen molar-refractivity contribution in [2.75, 3.05) is 13.2 Å². The van der Waals surface area contributed by atoms with Crippen LogP contribution in [0.3, 0.4) is 0 Å². The molecule has 5 atom stereocenters. The van der Waals surface area contributed by atoms with Gasteiger partial charge in [0.05, 0.1) is 6.61 Å². The van der Waals surface area contributed by atoms with Gasteiger partial charge in [-0.1, -0.05) is 0 Å². The Morgan fingerprint density at radius 3 is 2.56 bits per heavy atom. The summed E-state index contributed by atoms with van der Waals surface area (Å²) in [6, 6.07) is 0. The van der Waals surface area contributed by atoms with Crippen LogP contribution in [0.2, 0.25) is 0 Å². The van der Waals surface area contributed by atoms with Gasteiger partial charge in [0.2, 0.25) is 0 Å². The SMILES string of the molecule is O=C(O)COC(O)[C@H]1OC[C@H](O)[C@@H](O)[C@@H]1O. The van der Waals surface area contributed by atoms with Crippen molar-refractivity contribution in [3.05, 3.63) is 0 Å². The van der Waals surface area contributed by atoms with Gasteiger partial charge in [-0.3, -0.25) is 0 Å². The highest BCUT2D eigenvalue weighted by molar-refractivity contribution is 5.68. The Balaban J connectivity index is 2.49. The normalized spacial score (nSPS) is 37.0. The van der Waals surface area contributed by atoms with Crippen LogP contribution in [0.4, 0.5) is 0 Å². The monoisotopic (exact) mass is 238 g/mol. The maximum Gasteiger partial charge on any atom is 0.329 e. The van der Waals surface area contributed by atoms with Crippen molar-refractivity contribution in [1.29, 1.82) is 0 Å². The molecular formula is C8H14O8. The van der Waals surface area contributed by atoms with E-state index in [1.54, 1.807) is 0 Å². The summed E-state index contributed by atoms with van der Waals surface area (Å²) in [5, 5.41) is 45.4. The molecule has 0 saturated carbocycles. The highest BCUT2D eigenvalue weighted by Crippen LogP contribution is 2.18. The van der Waals surface area contributed by atoms with E-state index in [9.17, 15) is 20.1 Å². The molecule has 1 saturated heterocycles. The molecule has 8 nitrogen and oxygen atoms in total. The summed E-state index contributed by atoms with van der Waals surface area (Å²) in [6.45, 7) is -1.04. The maximum atomic E-state index is 10.2. The van der Waals surface area contributed by atoms with Gasteiger partial charge in [-0.15, -0.1) is 0 Å². The second-order valence-electron chi connectivity index (χ2n) is 3.44. The van der Waals surface area contributed by atoms with Crippen LogP contribution in [0.15, 0.2) is 0 Å². The average molecular weight is 238 g/mol. The van der Waals surface area contributed by atoms with Crippen LogP contribution in [0.1, 0.15) is 0 Å². The summed E-state index contributed by atoms with van der Waals surface area (Å²) < 4.78 is 9.31. The minimum atomic E-state index is -1.69. The standard InChI is InChI=1S/C8H14O8/c9-3-1-15-7(6(13)5(3)12)8(14)16-2-4(10)11/h3,5-9,12-14H,1-2H2,(H,10,11)/t3-,5+,6-,7-,8?/m0/s1. The zero-order valence-electron chi connectivity index (χ0n) is 8.26. The summed E-state index contributed by atoms with van der Waals surface area (Å²) in [7, 11) is 0. The minimum absolute atomic E-state index is 0.281. The van der Waals surface area contributed by atoms with E-state index < -0.39 is 43.3 Å². The third-order valence-corrected chi connectivity index (χ3v) is 2.20. The molecule has 0 aromatic heterocycles. The highest BCUT2D eigenvalue weighted by Gasteiger charge is 2.41. The third kappa shape index (κ3) is 3.11. The Hall–Kier alpha value is -0.770. The molecule has 5 N–H and O–H groups in total. The van der Waals surface area contributed by atoms with Crippen molar-refractivity contribution < 1.29 is 39.8 Å². The zero-order chi connectivity index (χ0) is 12.3. The lowest BCUT2D eigenvalue weighted by Crippen LogP contribution is -2.57. The van der Waals surface area contributed by atoms with Crippen LogP contribution < -0.4 is 0 Å². The fourth-order valence-electron chi connectivity index (χ4n) is 1.33. The Kier molecular flexibility index (Phi) is 4.59. The van der Waals surface area contributed by atoms with Crippen LogP contribution in [-0.4, -0.2) is 75.4 Å². The molecule has 8 heteroatoms. The number of aliphatic carboxylic acids is 1. The molecule has 1 fully saturated rings. The van der Waals surface area contributed by atoms with Crippen molar-refractivity contribution in [2.45, 2.75) is 30.7 Å². The molecule has 0 aromatic rings. The molecule has 1 aliphatic heterocycles. The van der Waals surface area contributed by atoms with Crippen LogP contribution in [0, 0.1) is 0 Å². The number of hydrogen-bond acceptors (Lipinski definition) is 7. The van der Waals surface area contributed by atoms with Crippen LogP contribution in [0.25, 0.3) is 0 Å². The number of aliphatic hydroxyl groups excluding tert-OH is 4. The van der Waals surface area contributed by atoms with Crippen molar-refractivity contribution in [2.24, 2.45) is 0 Å². The zero-order valence-corrected chi connectivity index (χ0v) is 8.26. The Bertz CT molecular complexity index is 244. The molecule has 0 amide bonds. The summed E-state index contributed by atoms with van der Waals surface area (Å²) in [4.78, 5) is 10.2. The topological polar surface area (TPSA) is 137 Å². The first-order valence-corrected chi connectivity index (χ1v) is 4.60. The van der Waals surface area contributed by atoms with Crippen molar-refractivity contribution >= 4 is 5.97 Å². The number of carboxylic acids is 1. The van der Waals surface area contributed by atoms with Gasteiger partial charge in [0.1, 0.15) is 31.0 Å².